The Labute approximate surface area is 96.5 Å². The molecule has 0 aliphatic rings. The highest BCUT2D eigenvalue weighted by Gasteiger charge is 2.06. The fourth-order valence-corrected chi connectivity index (χ4v) is 1.98. The van der Waals surface area contributed by atoms with Crippen LogP contribution >= 0.6 is 0 Å². The highest BCUT2D eigenvalue weighted by atomic mass is 15.1. The molecule has 0 spiro atoms. The summed E-state index contributed by atoms with van der Waals surface area (Å²) in [5.41, 5.74) is 8.27. The third-order valence-electron chi connectivity index (χ3n) is 2.88. The van der Waals surface area contributed by atoms with Crippen LogP contribution in [0.3, 0.4) is 0 Å². The van der Waals surface area contributed by atoms with Crippen LogP contribution in [0.25, 0.3) is 10.9 Å². The lowest BCUT2D eigenvalue weighted by molar-refractivity contribution is 0.387. The molecular formula is C13H19N3. The summed E-state index contributed by atoms with van der Waals surface area (Å²) in [4.78, 5) is 2.19. The van der Waals surface area contributed by atoms with Crippen molar-refractivity contribution in [3.05, 3.63) is 36.0 Å². The first-order valence-electron chi connectivity index (χ1n) is 5.64. The molecule has 0 fully saturated rings. The predicted octanol–water partition coefficient (Wildman–Crippen LogP) is 1.66. The molecule has 3 heteroatoms. The molecule has 1 aromatic heterocycles. The highest BCUT2D eigenvalue weighted by Crippen LogP contribution is 2.20. The van der Waals surface area contributed by atoms with Gasteiger partial charge in [0.25, 0.3) is 0 Å². The normalized spacial score (nSPS) is 11.5. The van der Waals surface area contributed by atoms with Crippen LogP contribution < -0.4 is 5.73 Å². The average Bonchev–Trinajstić information content (AvgIpc) is 2.65. The summed E-state index contributed by atoms with van der Waals surface area (Å²) in [6.45, 7) is 2.66. The lowest BCUT2D eigenvalue weighted by Crippen LogP contribution is -2.17. The van der Waals surface area contributed by atoms with Crippen LogP contribution in [0.15, 0.2) is 30.5 Å². The number of hydrogen-bond acceptors (Lipinski definition) is 2. The van der Waals surface area contributed by atoms with E-state index in [1.54, 1.807) is 0 Å². The van der Waals surface area contributed by atoms with Gasteiger partial charge in [0.1, 0.15) is 0 Å². The molecule has 2 N–H and O–H groups in total. The molecular weight excluding hydrogens is 198 g/mol. The van der Waals surface area contributed by atoms with Crippen LogP contribution in [0.5, 0.6) is 0 Å². The number of aromatic nitrogens is 1. The number of likely N-dealkylation sites (N-methyl/N-ethyl adjacent to an activating group) is 1. The van der Waals surface area contributed by atoms with Crippen LogP contribution in [-0.2, 0) is 13.1 Å². The Bertz CT molecular complexity index is 471. The summed E-state index contributed by atoms with van der Waals surface area (Å²) < 4.78 is 2.29. The maximum absolute atomic E-state index is 5.76. The van der Waals surface area contributed by atoms with Crippen molar-refractivity contribution in [1.29, 1.82) is 0 Å². The van der Waals surface area contributed by atoms with Gasteiger partial charge in [-0.3, -0.25) is 0 Å². The van der Waals surface area contributed by atoms with Crippen LogP contribution in [0, 0.1) is 0 Å². The SMILES string of the molecule is CN(C)CCn1cc(CN)c2ccccc21. The van der Waals surface area contributed by atoms with E-state index in [9.17, 15) is 0 Å². The second-order valence-corrected chi connectivity index (χ2v) is 4.37. The molecule has 3 nitrogen and oxygen atoms in total. The van der Waals surface area contributed by atoms with E-state index < -0.39 is 0 Å². The van der Waals surface area contributed by atoms with Crippen molar-refractivity contribution < 1.29 is 0 Å². The van der Waals surface area contributed by atoms with Gasteiger partial charge in [-0.05, 0) is 25.7 Å². The minimum Gasteiger partial charge on any atom is -0.346 e. The van der Waals surface area contributed by atoms with Gasteiger partial charge in [0.15, 0.2) is 0 Å². The molecule has 0 bridgehead atoms. The van der Waals surface area contributed by atoms with Gasteiger partial charge in [-0.2, -0.15) is 0 Å². The van der Waals surface area contributed by atoms with Gasteiger partial charge >= 0.3 is 0 Å². The number of benzene rings is 1. The standard InChI is InChI=1S/C13H19N3/c1-15(2)7-8-16-10-11(9-14)12-5-3-4-6-13(12)16/h3-6,10H,7-9,14H2,1-2H3. The van der Waals surface area contributed by atoms with Crippen LogP contribution in [-0.4, -0.2) is 30.1 Å². The zero-order valence-corrected chi connectivity index (χ0v) is 9.98. The Hall–Kier alpha value is -1.32. The minimum absolute atomic E-state index is 0.607. The largest absolute Gasteiger partial charge is 0.346 e. The Morgan fingerprint density at radius 2 is 2.00 bits per heavy atom. The maximum Gasteiger partial charge on any atom is 0.0484 e. The van der Waals surface area contributed by atoms with Gasteiger partial charge in [-0.15, -0.1) is 0 Å². The molecule has 0 aliphatic carbocycles. The third kappa shape index (κ3) is 2.10. The first kappa shape index (κ1) is 11.2. The van der Waals surface area contributed by atoms with Gasteiger partial charge in [-0.25, -0.2) is 0 Å². The van der Waals surface area contributed by atoms with Gasteiger partial charge in [0.05, 0.1) is 0 Å². The molecule has 0 radical (unpaired) electrons. The van der Waals surface area contributed by atoms with Gasteiger partial charge in [0, 0.05) is 36.7 Å². The Morgan fingerprint density at radius 3 is 2.69 bits per heavy atom. The monoisotopic (exact) mass is 217 g/mol. The summed E-state index contributed by atoms with van der Waals surface area (Å²) in [5.74, 6) is 0. The first-order chi connectivity index (χ1) is 7.72. The molecule has 86 valence electrons. The van der Waals surface area contributed by atoms with Crippen molar-refractivity contribution in [2.75, 3.05) is 20.6 Å². The Balaban J connectivity index is 2.37. The first-order valence-corrected chi connectivity index (χ1v) is 5.64. The molecule has 1 aromatic carbocycles. The molecule has 0 unspecified atom stereocenters. The molecule has 0 amide bonds. The van der Waals surface area contributed by atoms with Gasteiger partial charge < -0.3 is 15.2 Å². The van der Waals surface area contributed by atoms with E-state index in [4.69, 9.17) is 5.73 Å². The second-order valence-electron chi connectivity index (χ2n) is 4.37. The smallest absolute Gasteiger partial charge is 0.0484 e. The number of nitrogens with two attached hydrogens (primary N) is 1. The number of nitrogens with zero attached hydrogens (tertiary/aromatic N) is 2. The molecule has 16 heavy (non-hydrogen) atoms. The summed E-state index contributed by atoms with van der Waals surface area (Å²) in [6, 6.07) is 8.44. The third-order valence-corrected chi connectivity index (χ3v) is 2.88. The molecule has 1 heterocycles. The van der Waals surface area contributed by atoms with Crippen molar-refractivity contribution in [2.45, 2.75) is 13.1 Å². The molecule has 2 aromatic rings. The number of rotatable bonds is 4. The maximum atomic E-state index is 5.76. The Kier molecular flexibility index (Phi) is 3.27. The van der Waals surface area contributed by atoms with E-state index in [0.717, 1.165) is 13.1 Å². The van der Waals surface area contributed by atoms with E-state index in [0.29, 0.717) is 6.54 Å². The summed E-state index contributed by atoms with van der Waals surface area (Å²) in [6.07, 6.45) is 2.17. The number of fused-ring (bicyclic) bond motifs is 1. The predicted molar refractivity (Wildman–Crippen MR) is 68.4 cm³/mol. The van der Waals surface area contributed by atoms with Crippen molar-refractivity contribution in [3.63, 3.8) is 0 Å². The fraction of sp³-hybridized carbons (Fsp3) is 0.385. The van der Waals surface area contributed by atoms with Crippen LogP contribution in [0.2, 0.25) is 0 Å². The zero-order valence-electron chi connectivity index (χ0n) is 9.98. The van der Waals surface area contributed by atoms with E-state index in [1.165, 1.54) is 16.5 Å². The van der Waals surface area contributed by atoms with E-state index in [-0.39, 0.29) is 0 Å². The molecule has 2 rings (SSSR count). The zero-order chi connectivity index (χ0) is 11.5. The summed E-state index contributed by atoms with van der Waals surface area (Å²) in [5, 5.41) is 1.28. The van der Waals surface area contributed by atoms with E-state index >= 15 is 0 Å². The van der Waals surface area contributed by atoms with Crippen molar-refractivity contribution in [3.8, 4) is 0 Å². The van der Waals surface area contributed by atoms with Gasteiger partial charge in [0.2, 0.25) is 0 Å². The van der Waals surface area contributed by atoms with Gasteiger partial charge in [-0.1, -0.05) is 18.2 Å². The molecule has 0 saturated carbocycles. The lowest BCUT2D eigenvalue weighted by Gasteiger charge is -2.10. The highest BCUT2D eigenvalue weighted by molar-refractivity contribution is 5.83. The van der Waals surface area contributed by atoms with Crippen LogP contribution in [0.1, 0.15) is 5.56 Å². The quantitative estimate of drug-likeness (QED) is 0.845. The van der Waals surface area contributed by atoms with Crippen molar-refractivity contribution >= 4 is 10.9 Å². The topological polar surface area (TPSA) is 34.2 Å². The second kappa shape index (κ2) is 4.68. The lowest BCUT2D eigenvalue weighted by atomic mass is 10.2. The van der Waals surface area contributed by atoms with E-state index in [1.807, 2.05) is 0 Å². The number of hydrogen-bond donors (Lipinski definition) is 1. The minimum atomic E-state index is 0.607. The van der Waals surface area contributed by atoms with Crippen molar-refractivity contribution in [1.82, 2.24) is 9.47 Å². The molecule has 0 atom stereocenters. The summed E-state index contributed by atoms with van der Waals surface area (Å²) >= 11 is 0. The molecule has 0 saturated heterocycles. The summed E-state index contributed by atoms with van der Waals surface area (Å²) in [7, 11) is 4.19. The average molecular weight is 217 g/mol. The number of para-hydroxylation sites is 1. The fourth-order valence-electron chi connectivity index (χ4n) is 1.98. The Morgan fingerprint density at radius 1 is 1.25 bits per heavy atom. The van der Waals surface area contributed by atoms with Crippen molar-refractivity contribution in [2.24, 2.45) is 5.73 Å². The van der Waals surface area contributed by atoms with Crippen LogP contribution in [0.4, 0.5) is 0 Å². The molecule has 0 aliphatic heterocycles. The van der Waals surface area contributed by atoms with E-state index in [2.05, 4.69) is 54.0 Å².